The van der Waals surface area contributed by atoms with Gasteiger partial charge in [0.2, 0.25) is 0 Å². The number of carbonyl (C=O) groups is 1. The van der Waals surface area contributed by atoms with Crippen molar-refractivity contribution in [3.63, 3.8) is 0 Å². The molecule has 0 bridgehead atoms. The Morgan fingerprint density at radius 1 is 1.34 bits per heavy atom. The Morgan fingerprint density at radius 3 is 2.79 bits per heavy atom. The van der Waals surface area contributed by atoms with Crippen molar-refractivity contribution in [2.24, 2.45) is 5.16 Å². The molecule has 0 unspecified atom stereocenters. The molecule has 9 heteroatoms. The number of hydrogen-bond acceptors (Lipinski definition) is 5. The van der Waals surface area contributed by atoms with E-state index in [2.05, 4.69) is 5.16 Å². The molecule has 29 heavy (non-hydrogen) atoms. The smallest absolute Gasteiger partial charge is 0.332 e. The van der Waals surface area contributed by atoms with E-state index in [1.165, 1.54) is 0 Å². The van der Waals surface area contributed by atoms with Gasteiger partial charge in [-0.2, -0.15) is 0 Å². The van der Waals surface area contributed by atoms with Crippen molar-refractivity contribution in [1.29, 1.82) is 0 Å². The van der Waals surface area contributed by atoms with Crippen LogP contribution in [0.3, 0.4) is 0 Å². The molecular weight excluding hydrogens is 455 g/mol. The lowest BCUT2D eigenvalue weighted by Crippen LogP contribution is -2.34. The standard InChI is InChI=1S/C20H20Cl2N2O3S.ClH/c1-13-6-10-28-19(13)18(16-5-4-15(21)11-17(16)22)23-27-9-8-24-7-2-3-14(12-24)20(25)26;/h3-6,10-11H,2,7-9,12H2,1H3,(H,25,26);1H. The minimum Gasteiger partial charge on any atom is -0.478 e. The Kier molecular flexibility index (Phi) is 8.99. The van der Waals surface area contributed by atoms with Crippen molar-refractivity contribution in [1.82, 2.24) is 4.90 Å². The van der Waals surface area contributed by atoms with E-state index in [0.29, 0.717) is 41.0 Å². The predicted molar refractivity (Wildman–Crippen MR) is 121 cm³/mol. The minimum absolute atomic E-state index is 0. The van der Waals surface area contributed by atoms with E-state index >= 15 is 0 Å². The number of aliphatic carboxylic acids is 1. The van der Waals surface area contributed by atoms with Gasteiger partial charge in [0.1, 0.15) is 12.3 Å². The first kappa shape index (κ1) is 23.7. The number of hydrogen-bond donors (Lipinski definition) is 1. The van der Waals surface area contributed by atoms with Crippen LogP contribution in [0.5, 0.6) is 0 Å². The zero-order chi connectivity index (χ0) is 20.1. The number of halogens is 3. The molecule has 0 amide bonds. The van der Waals surface area contributed by atoms with E-state index in [-0.39, 0.29) is 12.4 Å². The number of carboxylic acid groups (broad SMARTS) is 1. The average Bonchev–Trinajstić information content (AvgIpc) is 3.08. The highest BCUT2D eigenvalue weighted by Gasteiger charge is 2.18. The van der Waals surface area contributed by atoms with Crippen molar-refractivity contribution >= 4 is 58.6 Å². The van der Waals surface area contributed by atoms with Gasteiger partial charge in [0.15, 0.2) is 0 Å². The van der Waals surface area contributed by atoms with E-state index in [4.69, 9.17) is 33.1 Å². The van der Waals surface area contributed by atoms with Crippen molar-refractivity contribution in [2.45, 2.75) is 13.3 Å². The van der Waals surface area contributed by atoms with E-state index in [1.807, 2.05) is 29.3 Å². The Bertz CT molecular complexity index is 927. The molecule has 2 heterocycles. The van der Waals surface area contributed by atoms with Gasteiger partial charge >= 0.3 is 5.97 Å². The van der Waals surface area contributed by atoms with Gasteiger partial charge in [-0.05, 0) is 48.6 Å². The fraction of sp³-hybridized carbons (Fsp3) is 0.300. The summed E-state index contributed by atoms with van der Waals surface area (Å²) < 4.78 is 0. The maximum atomic E-state index is 11.1. The summed E-state index contributed by atoms with van der Waals surface area (Å²) in [6.07, 6.45) is 2.50. The Labute approximate surface area is 190 Å². The van der Waals surface area contributed by atoms with Crippen LogP contribution in [0.4, 0.5) is 0 Å². The molecule has 0 atom stereocenters. The van der Waals surface area contributed by atoms with Crippen LogP contribution in [0.25, 0.3) is 0 Å². The first-order valence-electron chi connectivity index (χ1n) is 8.80. The summed E-state index contributed by atoms with van der Waals surface area (Å²) in [5, 5.41) is 16.6. The number of oxime groups is 1. The highest BCUT2D eigenvalue weighted by molar-refractivity contribution is 7.12. The first-order chi connectivity index (χ1) is 13.5. The second-order valence-corrected chi connectivity index (χ2v) is 8.19. The molecule has 0 saturated carbocycles. The molecule has 156 valence electrons. The van der Waals surface area contributed by atoms with E-state index in [9.17, 15) is 4.79 Å². The van der Waals surface area contributed by atoms with Crippen LogP contribution >= 0.6 is 46.9 Å². The number of rotatable bonds is 7. The molecular formula is C20H21Cl3N2O3S. The maximum Gasteiger partial charge on any atom is 0.332 e. The summed E-state index contributed by atoms with van der Waals surface area (Å²) in [7, 11) is 0. The van der Waals surface area contributed by atoms with Crippen LogP contribution in [0.1, 0.15) is 22.4 Å². The Morgan fingerprint density at radius 2 is 2.14 bits per heavy atom. The average molecular weight is 476 g/mol. The van der Waals surface area contributed by atoms with Crippen LogP contribution in [-0.4, -0.2) is 47.9 Å². The molecule has 1 aliphatic rings. The van der Waals surface area contributed by atoms with E-state index < -0.39 is 5.97 Å². The number of aryl methyl sites for hydroxylation is 1. The van der Waals surface area contributed by atoms with Gasteiger partial charge < -0.3 is 9.94 Å². The molecule has 0 radical (unpaired) electrons. The zero-order valence-corrected chi connectivity index (χ0v) is 18.9. The third kappa shape index (κ3) is 6.20. The van der Waals surface area contributed by atoms with Gasteiger partial charge in [0.25, 0.3) is 0 Å². The normalized spacial score (nSPS) is 14.9. The molecule has 1 aromatic carbocycles. The summed E-state index contributed by atoms with van der Waals surface area (Å²) in [6.45, 7) is 4.19. The molecule has 0 saturated heterocycles. The number of carboxylic acids is 1. The lowest BCUT2D eigenvalue weighted by molar-refractivity contribution is -0.133. The molecule has 1 aliphatic heterocycles. The molecule has 2 aromatic rings. The van der Waals surface area contributed by atoms with Gasteiger partial charge in [-0.25, -0.2) is 4.79 Å². The van der Waals surface area contributed by atoms with Crippen molar-refractivity contribution < 1.29 is 14.7 Å². The second kappa shape index (κ2) is 11.0. The molecule has 0 fully saturated rings. The SMILES string of the molecule is Cc1ccsc1C(=NOCCN1CCC=C(C(=O)O)C1)c1ccc(Cl)cc1Cl.Cl. The largest absolute Gasteiger partial charge is 0.478 e. The lowest BCUT2D eigenvalue weighted by Gasteiger charge is -2.24. The Hall–Kier alpha value is -1.57. The lowest BCUT2D eigenvalue weighted by atomic mass is 10.1. The van der Waals surface area contributed by atoms with Gasteiger partial charge in [-0.1, -0.05) is 34.4 Å². The van der Waals surface area contributed by atoms with Crippen molar-refractivity contribution in [3.8, 4) is 0 Å². The fourth-order valence-electron chi connectivity index (χ4n) is 2.94. The quantitative estimate of drug-likeness (QED) is 0.336. The summed E-state index contributed by atoms with van der Waals surface area (Å²) in [6, 6.07) is 7.31. The Balaban J connectivity index is 0.00000300. The summed E-state index contributed by atoms with van der Waals surface area (Å²) in [5.41, 5.74) is 2.94. The van der Waals surface area contributed by atoms with Crippen LogP contribution in [0.15, 0.2) is 46.5 Å². The van der Waals surface area contributed by atoms with Gasteiger partial charge in [0.05, 0.1) is 9.90 Å². The second-order valence-electron chi connectivity index (χ2n) is 6.43. The number of thiophene rings is 1. The summed E-state index contributed by atoms with van der Waals surface area (Å²) >= 11 is 14.0. The molecule has 3 rings (SSSR count). The molecule has 1 N–H and O–H groups in total. The predicted octanol–water partition coefficient (Wildman–Crippen LogP) is 5.27. The van der Waals surface area contributed by atoms with Gasteiger partial charge in [-0.15, -0.1) is 23.7 Å². The van der Waals surface area contributed by atoms with Crippen LogP contribution in [0, 0.1) is 6.92 Å². The van der Waals surface area contributed by atoms with Crippen LogP contribution in [0.2, 0.25) is 10.0 Å². The van der Waals surface area contributed by atoms with E-state index in [1.54, 1.807) is 29.5 Å². The first-order valence-corrected chi connectivity index (χ1v) is 10.4. The monoisotopic (exact) mass is 474 g/mol. The zero-order valence-electron chi connectivity index (χ0n) is 15.7. The van der Waals surface area contributed by atoms with E-state index in [0.717, 1.165) is 29.0 Å². The highest BCUT2D eigenvalue weighted by Crippen LogP contribution is 2.27. The molecule has 5 nitrogen and oxygen atoms in total. The van der Waals surface area contributed by atoms with Crippen LogP contribution < -0.4 is 0 Å². The molecule has 0 aliphatic carbocycles. The molecule has 0 spiro atoms. The number of nitrogens with zero attached hydrogens (tertiary/aromatic N) is 2. The van der Waals surface area contributed by atoms with Crippen LogP contribution in [-0.2, 0) is 9.63 Å². The van der Waals surface area contributed by atoms with Gasteiger partial charge in [0, 0.05) is 35.8 Å². The summed E-state index contributed by atoms with van der Waals surface area (Å²) in [4.78, 5) is 19.8. The fourth-order valence-corrected chi connectivity index (χ4v) is 4.36. The summed E-state index contributed by atoms with van der Waals surface area (Å²) in [5.74, 6) is -0.864. The third-order valence-corrected chi connectivity index (χ3v) is 5.99. The maximum absolute atomic E-state index is 11.1. The third-order valence-electron chi connectivity index (χ3n) is 4.42. The minimum atomic E-state index is -0.864. The topological polar surface area (TPSA) is 62.1 Å². The van der Waals surface area contributed by atoms with Gasteiger partial charge in [-0.3, -0.25) is 4.90 Å². The van der Waals surface area contributed by atoms with Crippen molar-refractivity contribution in [2.75, 3.05) is 26.2 Å². The molecule has 1 aromatic heterocycles. The number of benzene rings is 1. The highest BCUT2D eigenvalue weighted by atomic mass is 35.5. The van der Waals surface area contributed by atoms with Crippen molar-refractivity contribution in [3.05, 3.63) is 67.3 Å².